The van der Waals surface area contributed by atoms with Crippen molar-refractivity contribution in [1.29, 1.82) is 0 Å². The number of halogens is 2. The van der Waals surface area contributed by atoms with Crippen LogP contribution in [0.3, 0.4) is 0 Å². The Hall–Kier alpha value is -1.06. The van der Waals surface area contributed by atoms with Crippen LogP contribution < -0.4 is 0 Å². The van der Waals surface area contributed by atoms with Crippen molar-refractivity contribution in [2.75, 3.05) is 0 Å². The minimum absolute atomic E-state index is 0.384. The molecule has 0 fully saturated rings. The molecule has 3 nitrogen and oxygen atoms in total. The lowest BCUT2D eigenvalue weighted by Gasteiger charge is -2.08. The summed E-state index contributed by atoms with van der Waals surface area (Å²) in [5, 5.41) is 9.09. The summed E-state index contributed by atoms with van der Waals surface area (Å²) in [7, 11) is 0. The first-order valence-corrected chi connectivity index (χ1v) is 6.87. The molecule has 0 atom stereocenters. The number of rotatable bonds is 5. The fraction of sp³-hybridized carbons (Fsp3) is 0.385. The lowest BCUT2D eigenvalue weighted by Crippen LogP contribution is -2.07. The van der Waals surface area contributed by atoms with E-state index in [1.165, 1.54) is 0 Å². The van der Waals surface area contributed by atoms with Gasteiger partial charge < -0.3 is 4.57 Å². The van der Waals surface area contributed by atoms with Crippen LogP contribution in [0.25, 0.3) is 0 Å². The minimum atomic E-state index is 0.384. The van der Waals surface area contributed by atoms with E-state index in [0.29, 0.717) is 12.3 Å². The maximum absolute atomic E-state index is 6.16. The van der Waals surface area contributed by atoms with E-state index in [1.807, 2.05) is 24.3 Å². The van der Waals surface area contributed by atoms with Crippen molar-refractivity contribution in [2.45, 2.75) is 32.2 Å². The standard InChI is InChI=1S/C13H15Cl2N3/c1-2-7-18-12(16-17-13(18)9-14)8-10-5-3-4-6-11(10)15/h3-6H,2,7-9H2,1H3. The van der Waals surface area contributed by atoms with Gasteiger partial charge in [0.2, 0.25) is 0 Å². The van der Waals surface area contributed by atoms with Gasteiger partial charge in [-0.25, -0.2) is 0 Å². The van der Waals surface area contributed by atoms with Crippen molar-refractivity contribution in [3.05, 3.63) is 46.5 Å². The quantitative estimate of drug-likeness (QED) is 0.784. The molecule has 0 bridgehead atoms. The van der Waals surface area contributed by atoms with Gasteiger partial charge in [0.05, 0.1) is 5.88 Å². The molecular formula is C13H15Cl2N3. The highest BCUT2D eigenvalue weighted by atomic mass is 35.5. The molecule has 96 valence electrons. The Morgan fingerprint density at radius 3 is 2.56 bits per heavy atom. The monoisotopic (exact) mass is 283 g/mol. The van der Waals surface area contributed by atoms with Crippen molar-refractivity contribution in [1.82, 2.24) is 14.8 Å². The summed E-state index contributed by atoms with van der Waals surface area (Å²) in [6, 6.07) is 7.80. The van der Waals surface area contributed by atoms with Gasteiger partial charge in [0.15, 0.2) is 0 Å². The zero-order chi connectivity index (χ0) is 13.0. The summed E-state index contributed by atoms with van der Waals surface area (Å²) >= 11 is 12.0. The summed E-state index contributed by atoms with van der Waals surface area (Å²) in [6.07, 6.45) is 1.71. The van der Waals surface area contributed by atoms with Gasteiger partial charge in [-0.1, -0.05) is 36.7 Å². The van der Waals surface area contributed by atoms with E-state index in [2.05, 4.69) is 21.7 Å². The Balaban J connectivity index is 2.29. The van der Waals surface area contributed by atoms with Gasteiger partial charge in [0, 0.05) is 18.0 Å². The summed E-state index contributed by atoms with van der Waals surface area (Å²) in [6.45, 7) is 3.01. The first kappa shape index (κ1) is 13.4. The smallest absolute Gasteiger partial charge is 0.147 e. The molecule has 5 heteroatoms. The highest BCUT2D eigenvalue weighted by molar-refractivity contribution is 6.31. The summed E-state index contributed by atoms with van der Waals surface area (Å²) in [4.78, 5) is 0. The first-order valence-electron chi connectivity index (χ1n) is 5.96. The SMILES string of the molecule is CCCn1c(CCl)nnc1Cc1ccccc1Cl. The number of nitrogens with zero attached hydrogens (tertiary/aromatic N) is 3. The van der Waals surface area contributed by atoms with Crippen LogP contribution in [0.15, 0.2) is 24.3 Å². The average molecular weight is 284 g/mol. The summed E-state index contributed by atoms with van der Waals surface area (Å²) in [5.74, 6) is 2.12. The highest BCUT2D eigenvalue weighted by Gasteiger charge is 2.12. The zero-order valence-electron chi connectivity index (χ0n) is 10.2. The first-order chi connectivity index (χ1) is 8.76. The topological polar surface area (TPSA) is 30.7 Å². The second kappa shape index (κ2) is 6.21. The second-order valence-electron chi connectivity index (χ2n) is 4.09. The van der Waals surface area contributed by atoms with Gasteiger partial charge in [-0.2, -0.15) is 0 Å². The lowest BCUT2D eigenvalue weighted by molar-refractivity contribution is 0.627. The Morgan fingerprint density at radius 1 is 1.17 bits per heavy atom. The molecular weight excluding hydrogens is 269 g/mol. The van der Waals surface area contributed by atoms with Crippen molar-refractivity contribution in [3.8, 4) is 0 Å². The van der Waals surface area contributed by atoms with Crippen molar-refractivity contribution in [3.63, 3.8) is 0 Å². The molecule has 0 radical (unpaired) electrons. The molecule has 0 unspecified atom stereocenters. The Bertz CT molecular complexity index is 523. The van der Waals surface area contributed by atoms with Crippen LogP contribution in [-0.4, -0.2) is 14.8 Å². The van der Waals surface area contributed by atoms with E-state index in [1.54, 1.807) is 0 Å². The number of alkyl halides is 1. The van der Waals surface area contributed by atoms with Crippen LogP contribution in [0.2, 0.25) is 5.02 Å². The lowest BCUT2D eigenvalue weighted by atomic mass is 10.1. The molecule has 18 heavy (non-hydrogen) atoms. The maximum Gasteiger partial charge on any atom is 0.147 e. The fourth-order valence-electron chi connectivity index (χ4n) is 1.90. The van der Waals surface area contributed by atoms with Crippen LogP contribution >= 0.6 is 23.2 Å². The third-order valence-electron chi connectivity index (χ3n) is 2.78. The second-order valence-corrected chi connectivity index (χ2v) is 4.76. The zero-order valence-corrected chi connectivity index (χ0v) is 11.7. The number of hydrogen-bond donors (Lipinski definition) is 0. The van der Waals surface area contributed by atoms with Crippen molar-refractivity contribution >= 4 is 23.2 Å². The molecule has 1 heterocycles. The molecule has 1 aromatic carbocycles. The number of aromatic nitrogens is 3. The van der Waals surface area contributed by atoms with Crippen LogP contribution in [0.4, 0.5) is 0 Å². The molecule has 1 aromatic heterocycles. The molecule has 0 spiro atoms. The van der Waals surface area contributed by atoms with Gasteiger partial charge >= 0.3 is 0 Å². The van der Waals surface area contributed by atoms with E-state index in [9.17, 15) is 0 Å². The van der Waals surface area contributed by atoms with E-state index >= 15 is 0 Å². The predicted octanol–water partition coefficient (Wildman–Crippen LogP) is 3.67. The van der Waals surface area contributed by atoms with Crippen molar-refractivity contribution < 1.29 is 0 Å². The minimum Gasteiger partial charge on any atom is -0.314 e. The molecule has 0 aliphatic rings. The third kappa shape index (κ3) is 2.85. The molecule has 0 aliphatic carbocycles. The fourth-order valence-corrected chi connectivity index (χ4v) is 2.30. The summed E-state index contributed by atoms with van der Waals surface area (Å²) < 4.78 is 2.08. The molecule has 0 saturated heterocycles. The van der Waals surface area contributed by atoms with Crippen molar-refractivity contribution in [2.24, 2.45) is 0 Å². The van der Waals surface area contributed by atoms with Gasteiger partial charge in [0.25, 0.3) is 0 Å². The Morgan fingerprint density at radius 2 is 1.89 bits per heavy atom. The molecule has 0 saturated carbocycles. The van der Waals surface area contributed by atoms with Crippen LogP contribution in [0.5, 0.6) is 0 Å². The number of benzene rings is 1. The van der Waals surface area contributed by atoms with Gasteiger partial charge in [0.1, 0.15) is 11.6 Å². The predicted molar refractivity (Wildman–Crippen MR) is 74.1 cm³/mol. The molecule has 0 N–H and O–H groups in total. The molecule has 0 amide bonds. The third-order valence-corrected chi connectivity index (χ3v) is 3.38. The molecule has 2 aromatic rings. The largest absolute Gasteiger partial charge is 0.314 e. The van der Waals surface area contributed by atoms with E-state index in [0.717, 1.165) is 35.2 Å². The Kier molecular flexibility index (Phi) is 4.61. The average Bonchev–Trinajstić information content (AvgIpc) is 2.75. The van der Waals surface area contributed by atoms with Crippen LogP contribution in [-0.2, 0) is 18.8 Å². The highest BCUT2D eigenvalue weighted by Crippen LogP contribution is 2.19. The molecule has 2 rings (SSSR count). The van der Waals surface area contributed by atoms with Gasteiger partial charge in [-0.3, -0.25) is 0 Å². The maximum atomic E-state index is 6.16. The van der Waals surface area contributed by atoms with E-state index in [4.69, 9.17) is 23.2 Å². The number of hydrogen-bond acceptors (Lipinski definition) is 2. The normalized spacial score (nSPS) is 10.8. The van der Waals surface area contributed by atoms with Crippen LogP contribution in [0.1, 0.15) is 30.6 Å². The Labute approximate surface area is 117 Å². The van der Waals surface area contributed by atoms with E-state index < -0.39 is 0 Å². The van der Waals surface area contributed by atoms with Crippen LogP contribution in [0, 0.1) is 0 Å². The van der Waals surface area contributed by atoms with Gasteiger partial charge in [-0.05, 0) is 18.1 Å². The summed E-state index contributed by atoms with van der Waals surface area (Å²) in [5.41, 5.74) is 1.06. The van der Waals surface area contributed by atoms with Gasteiger partial charge in [-0.15, -0.1) is 21.8 Å². The molecule has 0 aliphatic heterocycles. The van der Waals surface area contributed by atoms with E-state index in [-0.39, 0.29) is 0 Å².